The van der Waals surface area contributed by atoms with Crippen LogP contribution in [-0.4, -0.2) is 10.9 Å². The Balaban J connectivity index is 2.11. The van der Waals surface area contributed by atoms with Crippen molar-refractivity contribution in [3.63, 3.8) is 0 Å². The van der Waals surface area contributed by atoms with E-state index < -0.39 is 17.7 Å². The van der Waals surface area contributed by atoms with Crippen molar-refractivity contribution >= 4 is 11.8 Å². The Kier molecular flexibility index (Phi) is 5.15. The summed E-state index contributed by atoms with van der Waals surface area (Å²) in [6.45, 7) is 2.07. The van der Waals surface area contributed by atoms with E-state index >= 15 is 0 Å². The maximum atomic E-state index is 13.5. The highest BCUT2D eigenvalue weighted by Crippen LogP contribution is 2.24. The van der Waals surface area contributed by atoms with Gasteiger partial charge in [0.05, 0.1) is 6.10 Å². The molecule has 0 saturated heterocycles. The zero-order valence-corrected chi connectivity index (χ0v) is 12.0. The molecule has 2 aromatic carbocycles. The second-order valence-corrected chi connectivity index (χ2v) is 5.80. The lowest BCUT2D eigenvalue weighted by molar-refractivity contribution is 0.177. The molecule has 0 aliphatic heterocycles. The van der Waals surface area contributed by atoms with Crippen molar-refractivity contribution in [1.82, 2.24) is 0 Å². The summed E-state index contributed by atoms with van der Waals surface area (Å²) in [7, 11) is 0. The normalized spacial score (nSPS) is 12.4. The number of benzene rings is 2. The average molecular weight is 294 g/mol. The lowest BCUT2D eigenvalue weighted by atomic mass is 10.0. The predicted molar refractivity (Wildman–Crippen MR) is 77.9 cm³/mol. The summed E-state index contributed by atoms with van der Waals surface area (Å²) < 4.78 is 26.6. The SMILES string of the molecule is CCSc1ccc(C(O)Cc2cc(F)ccc2F)cc1. The van der Waals surface area contributed by atoms with E-state index in [9.17, 15) is 13.9 Å². The summed E-state index contributed by atoms with van der Waals surface area (Å²) in [5.74, 6) is -0.0111. The van der Waals surface area contributed by atoms with Gasteiger partial charge >= 0.3 is 0 Å². The molecule has 0 spiro atoms. The van der Waals surface area contributed by atoms with E-state index in [1.54, 1.807) is 11.8 Å². The van der Waals surface area contributed by atoms with Gasteiger partial charge in [0, 0.05) is 11.3 Å². The van der Waals surface area contributed by atoms with E-state index in [1.165, 1.54) is 0 Å². The third-order valence-corrected chi connectivity index (χ3v) is 3.89. The molecule has 0 aliphatic carbocycles. The fourth-order valence-electron chi connectivity index (χ4n) is 1.98. The Morgan fingerprint density at radius 2 is 1.80 bits per heavy atom. The van der Waals surface area contributed by atoms with Gasteiger partial charge in [-0.05, 0) is 47.2 Å². The van der Waals surface area contributed by atoms with Gasteiger partial charge < -0.3 is 5.11 Å². The number of aliphatic hydroxyl groups is 1. The van der Waals surface area contributed by atoms with Crippen LogP contribution in [-0.2, 0) is 6.42 Å². The molecule has 1 nitrogen and oxygen atoms in total. The maximum Gasteiger partial charge on any atom is 0.126 e. The van der Waals surface area contributed by atoms with Gasteiger partial charge in [-0.2, -0.15) is 0 Å². The van der Waals surface area contributed by atoms with Gasteiger partial charge in [0.2, 0.25) is 0 Å². The van der Waals surface area contributed by atoms with Gasteiger partial charge in [0.1, 0.15) is 11.6 Å². The lowest BCUT2D eigenvalue weighted by Gasteiger charge is -2.12. The van der Waals surface area contributed by atoms with Gasteiger partial charge in [-0.15, -0.1) is 11.8 Å². The van der Waals surface area contributed by atoms with E-state index in [0.717, 1.165) is 28.8 Å². The predicted octanol–water partition coefficient (Wildman–Crippen LogP) is 4.35. The van der Waals surface area contributed by atoms with Crippen molar-refractivity contribution in [2.75, 3.05) is 5.75 Å². The van der Waals surface area contributed by atoms with Crippen LogP contribution in [0.4, 0.5) is 8.78 Å². The first kappa shape index (κ1) is 15.0. The van der Waals surface area contributed by atoms with Crippen LogP contribution in [0.15, 0.2) is 47.4 Å². The van der Waals surface area contributed by atoms with Crippen LogP contribution in [0.2, 0.25) is 0 Å². The highest BCUT2D eigenvalue weighted by Gasteiger charge is 2.12. The minimum Gasteiger partial charge on any atom is -0.388 e. The highest BCUT2D eigenvalue weighted by molar-refractivity contribution is 7.99. The summed E-state index contributed by atoms with van der Waals surface area (Å²) in [5, 5.41) is 10.1. The number of rotatable bonds is 5. The minimum atomic E-state index is -0.841. The van der Waals surface area contributed by atoms with Crippen LogP contribution in [0.1, 0.15) is 24.2 Å². The minimum absolute atomic E-state index is 0.0594. The number of hydrogen-bond acceptors (Lipinski definition) is 2. The molecular formula is C16H16F2OS. The topological polar surface area (TPSA) is 20.2 Å². The van der Waals surface area contributed by atoms with Gasteiger partial charge in [-0.3, -0.25) is 0 Å². The molecule has 0 amide bonds. The molecule has 0 aliphatic rings. The molecule has 2 rings (SSSR count). The first-order chi connectivity index (χ1) is 9.60. The quantitative estimate of drug-likeness (QED) is 0.827. The second-order valence-electron chi connectivity index (χ2n) is 4.46. The summed E-state index contributed by atoms with van der Waals surface area (Å²) >= 11 is 1.71. The van der Waals surface area contributed by atoms with Gasteiger partial charge in [-0.25, -0.2) is 8.78 Å². The summed E-state index contributed by atoms with van der Waals surface area (Å²) in [6.07, 6.45) is -0.781. The van der Waals surface area contributed by atoms with Crippen LogP contribution in [0, 0.1) is 11.6 Å². The average Bonchev–Trinajstić information content (AvgIpc) is 2.44. The zero-order chi connectivity index (χ0) is 14.5. The molecule has 4 heteroatoms. The second kappa shape index (κ2) is 6.86. The molecular weight excluding hydrogens is 278 g/mol. The van der Waals surface area contributed by atoms with E-state index in [-0.39, 0.29) is 12.0 Å². The lowest BCUT2D eigenvalue weighted by Crippen LogP contribution is -2.04. The Bertz CT molecular complexity index is 569. The summed E-state index contributed by atoms with van der Waals surface area (Å²) in [5.41, 5.74) is 0.888. The van der Waals surface area contributed by atoms with Crippen molar-refractivity contribution in [3.05, 3.63) is 65.2 Å². The maximum absolute atomic E-state index is 13.5. The third-order valence-electron chi connectivity index (χ3n) is 3.00. The fourth-order valence-corrected chi connectivity index (χ4v) is 2.64. The van der Waals surface area contributed by atoms with Crippen LogP contribution < -0.4 is 0 Å². The molecule has 0 saturated carbocycles. The van der Waals surface area contributed by atoms with Crippen molar-refractivity contribution in [2.24, 2.45) is 0 Å². The molecule has 1 N–H and O–H groups in total. The molecule has 20 heavy (non-hydrogen) atoms. The molecule has 0 radical (unpaired) electrons. The molecule has 0 fully saturated rings. The molecule has 1 atom stereocenters. The van der Waals surface area contributed by atoms with Crippen molar-refractivity contribution < 1.29 is 13.9 Å². The summed E-state index contributed by atoms with van der Waals surface area (Å²) in [4.78, 5) is 1.13. The van der Waals surface area contributed by atoms with Crippen LogP contribution in [0.25, 0.3) is 0 Å². The van der Waals surface area contributed by atoms with Crippen LogP contribution >= 0.6 is 11.8 Å². The van der Waals surface area contributed by atoms with Crippen LogP contribution in [0.5, 0.6) is 0 Å². The Morgan fingerprint density at radius 1 is 1.10 bits per heavy atom. The molecule has 0 bridgehead atoms. The standard InChI is InChI=1S/C16H16F2OS/c1-2-20-14-6-3-11(4-7-14)16(19)10-12-9-13(17)5-8-15(12)18/h3-9,16,19H,2,10H2,1H3. The van der Waals surface area contributed by atoms with Crippen molar-refractivity contribution in [3.8, 4) is 0 Å². The van der Waals surface area contributed by atoms with Crippen LogP contribution in [0.3, 0.4) is 0 Å². The zero-order valence-electron chi connectivity index (χ0n) is 11.1. The fraction of sp³-hybridized carbons (Fsp3) is 0.250. The molecule has 2 aromatic rings. The highest BCUT2D eigenvalue weighted by atomic mass is 32.2. The van der Waals surface area contributed by atoms with E-state index in [0.29, 0.717) is 5.56 Å². The third kappa shape index (κ3) is 3.81. The molecule has 106 valence electrons. The Morgan fingerprint density at radius 3 is 2.45 bits per heavy atom. The van der Waals surface area contributed by atoms with Crippen molar-refractivity contribution in [1.29, 1.82) is 0 Å². The smallest absolute Gasteiger partial charge is 0.126 e. The molecule has 0 heterocycles. The first-order valence-electron chi connectivity index (χ1n) is 6.45. The first-order valence-corrected chi connectivity index (χ1v) is 7.43. The Hall–Kier alpha value is -1.39. The van der Waals surface area contributed by atoms with E-state index in [4.69, 9.17) is 0 Å². The number of hydrogen-bond donors (Lipinski definition) is 1. The molecule has 1 unspecified atom stereocenters. The van der Waals surface area contributed by atoms with E-state index in [2.05, 4.69) is 6.92 Å². The van der Waals surface area contributed by atoms with Gasteiger partial charge in [0.15, 0.2) is 0 Å². The number of thioether (sulfide) groups is 1. The van der Waals surface area contributed by atoms with Crippen molar-refractivity contribution in [2.45, 2.75) is 24.3 Å². The number of halogens is 2. The molecule has 0 aromatic heterocycles. The summed E-state index contributed by atoms with van der Waals surface area (Å²) in [6, 6.07) is 10.8. The monoisotopic (exact) mass is 294 g/mol. The van der Waals surface area contributed by atoms with E-state index in [1.807, 2.05) is 24.3 Å². The largest absolute Gasteiger partial charge is 0.388 e. The Labute approximate surface area is 121 Å². The van der Waals surface area contributed by atoms with Gasteiger partial charge in [0.25, 0.3) is 0 Å². The number of aliphatic hydroxyl groups excluding tert-OH is 1. The van der Waals surface area contributed by atoms with Gasteiger partial charge in [-0.1, -0.05) is 19.1 Å².